The lowest BCUT2D eigenvalue weighted by atomic mass is 10.1. The number of amides is 2. The highest BCUT2D eigenvalue weighted by Crippen LogP contribution is 2.17. The molecule has 26 heavy (non-hydrogen) atoms. The zero-order valence-electron chi connectivity index (χ0n) is 15.8. The number of likely N-dealkylation sites (N-methyl/N-ethyl adjacent to an activating group) is 1. The molecule has 0 saturated carbocycles. The van der Waals surface area contributed by atoms with Crippen LogP contribution < -0.4 is 10.1 Å². The van der Waals surface area contributed by atoms with Crippen LogP contribution in [0.4, 0.5) is 0 Å². The lowest BCUT2D eigenvalue weighted by molar-refractivity contribution is -0.139. The van der Waals surface area contributed by atoms with Crippen LogP contribution in [0.15, 0.2) is 48.5 Å². The van der Waals surface area contributed by atoms with E-state index in [0.29, 0.717) is 6.54 Å². The lowest BCUT2D eigenvalue weighted by Crippen LogP contribution is -2.47. The maximum atomic E-state index is 12.9. The lowest BCUT2D eigenvalue weighted by Gasteiger charge is -2.28. The molecule has 0 bridgehead atoms. The highest BCUT2D eigenvalue weighted by molar-refractivity contribution is 5.88. The molecule has 138 valence electrons. The predicted molar refractivity (Wildman–Crippen MR) is 102 cm³/mol. The first kappa shape index (κ1) is 19.5. The molecular formula is C21H26N2O3. The number of aryl methyl sites for hydroxylation is 1. The summed E-state index contributed by atoms with van der Waals surface area (Å²) in [5.74, 6) is 0.443. The summed E-state index contributed by atoms with van der Waals surface area (Å²) in [6.45, 7) is 4.09. The second-order valence-corrected chi connectivity index (χ2v) is 6.33. The van der Waals surface area contributed by atoms with E-state index in [2.05, 4.69) is 5.32 Å². The quantitative estimate of drug-likeness (QED) is 0.832. The summed E-state index contributed by atoms with van der Waals surface area (Å²) in [7, 11) is 3.18. The number of benzene rings is 2. The smallest absolute Gasteiger partial charge is 0.242 e. The van der Waals surface area contributed by atoms with Crippen molar-refractivity contribution >= 4 is 11.8 Å². The first-order valence-electron chi connectivity index (χ1n) is 8.64. The van der Waals surface area contributed by atoms with Gasteiger partial charge in [0.25, 0.3) is 0 Å². The number of nitrogens with zero attached hydrogens (tertiary/aromatic N) is 1. The van der Waals surface area contributed by atoms with Gasteiger partial charge in [0.2, 0.25) is 11.8 Å². The van der Waals surface area contributed by atoms with E-state index >= 15 is 0 Å². The van der Waals surface area contributed by atoms with Gasteiger partial charge in [0.1, 0.15) is 11.8 Å². The highest BCUT2D eigenvalue weighted by Gasteiger charge is 2.25. The second-order valence-electron chi connectivity index (χ2n) is 6.33. The molecule has 0 aliphatic heterocycles. The molecule has 0 radical (unpaired) electrons. The molecule has 2 aromatic rings. The molecule has 0 aliphatic carbocycles. The third-order valence-corrected chi connectivity index (χ3v) is 4.38. The monoisotopic (exact) mass is 354 g/mol. The minimum Gasteiger partial charge on any atom is -0.497 e. The number of methoxy groups -OCH3 is 1. The Kier molecular flexibility index (Phi) is 6.78. The number of hydrogen-bond donors (Lipinski definition) is 1. The second kappa shape index (κ2) is 9.04. The molecule has 5 heteroatoms. The molecule has 1 N–H and O–H groups in total. The van der Waals surface area contributed by atoms with E-state index in [9.17, 15) is 9.59 Å². The molecule has 0 fully saturated rings. The van der Waals surface area contributed by atoms with Gasteiger partial charge in [-0.3, -0.25) is 9.59 Å². The van der Waals surface area contributed by atoms with Gasteiger partial charge in [0.15, 0.2) is 0 Å². The topological polar surface area (TPSA) is 58.6 Å². The maximum Gasteiger partial charge on any atom is 0.242 e. The molecule has 1 atom stereocenters. The Morgan fingerprint density at radius 1 is 1.12 bits per heavy atom. The first-order valence-corrected chi connectivity index (χ1v) is 8.64. The summed E-state index contributed by atoms with van der Waals surface area (Å²) in [6, 6.07) is 14.8. The molecule has 5 nitrogen and oxygen atoms in total. The van der Waals surface area contributed by atoms with Crippen LogP contribution in [0.2, 0.25) is 0 Å². The van der Waals surface area contributed by atoms with Crippen LogP contribution in [-0.2, 0) is 22.6 Å². The van der Waals surface area contributed by atoms with Crippen LogP contribution >= 0.6 is 0 Å². The molecule has 0 aliphatic rings. The molecule has 0 heterocycles. The Morgan fingerprint density at radius 3 is 2.42 bits per heavy atom. The van der Waals surface area contributed by atoms with Crippen molar-refractivity contribution in [2.24, 2.45) is 0 Å². The summed E-state index contributed by atoms with van der Waals surface area (Å²) in [6.07, 6.45) is 0.256. The van der Waals surface area contributed by atoms with Crippen LogP contribution in [0.5, 0.6) is 5.75 Å². The molecule has 0 aromatic heterocycles. The Morgan fingerprint density at radius 2 is 1.81 bits per heavy atom. The third-order valence-electron chi connectivity index (χ3n) is 4.38. The zero-order chi connectivity index (χ0) is 19.1. The van der Waals surface area contributed by atoms with Crippen LogP contribution in [-0.4, -0.2) is 36.9 Å². The Labute approximate surface area is 155 Å². The molecule has 0 unspecified atom stereocenters. The van der Waals surface area contributed by atoms with Gasteiger partial charge in [-0.2, -0.15) is 0 Å². The van der Waals surface area contributed by atoms with Crippen molar-refractivity contribution in [3.05, 3.63) is 65.2 Å². The fraction of sp³-hybridized carbons (Fsp3) is 0.333. The van der Waals surface area contributed by atoms with Gasteiger partial charge in [-0.15, -0.1) is 0 Å². The minimum absolute atomic E-state index is 0.0900. The fourth-order valence-corrected chi connectivity index (χ4v) is 2.74. The molecule has 2 amide bonds. The molecular weight excluding hydrogens is 328 g/mol. The van der Waals surface area contributed by atoms with Crippen molar-refractivity contribution in [2.75, 3.05) is 14.2 Å². The van der Waals surface area contributed by atoms with Crippen LogP contribution in [0.25, 0.3) is 0 Å². The van der Waals surface area contributed by atoms with Crippen molar-refractivity contribution in [3.63, 3.8) is 0 Å². The first-order chi connectivity index (χ1) is 12.4. The van der Waals surface area contributed by atoms with Crippen molar-refractivity contribution in [2.45, 2.75) is 32.9 Å². The van der Waals surface area contributed by atoms with Gasteiger partial charge in [-0.25, -0.2) is 0 Å². The van der Waals surface area contributed by atoms with E-state index in [1.54, 1.807) is 26.0 Å². The van der Waals surface area contributed by atoms with Crippen LogP contribution in [0.3, 0.4) is 0 Å². The number of hydrogen-bond acceptors (Lipinski definition) is 3. The molecule has 2 rings (SSSR count). The van der Waals surface area contributed by atoms with Gasteiger partial charge in [-0.1, -0.05) is 42.0 Å². The summed E-state index contributed by atoms with van der Waals surface area (Å²) in [5.41, 5.74) is 2.99. The largest absolute Gasteiger partial charge is 0.497 e. The van der Waals surface area contributed by atoms with Crippen molar-refractivity contribution in [3.8, 4) is 5.75 Å². The number of carbonyl (C=O) groups excluding carboxylic acids is 2. The summed E-state index contributed by atoms with van der Waals surface area (Å²) >= 11 is 0. The predicted octanol–water partition coefficient (Wildman–Crippen LogP) is 2.71. The number of ether oxygens (including phenoxy) is 1. The van der Waals surface area contributed by atoms with Crippen molar-refractivity contribution in [1.82, 2.24) is 10.2 Å². The molecule has 2 aromatic carbocycles. The highest BCUT2D eigenvalue weighted by atomic mass is 16.5. The van der Waals surface area contributed by atoms with E-state index < -0.39 is 6.04 Å². The van der Waals surface area contributed by atoms with Gasteiger partial charge in [-0.05, 0) is 37.1 Å². The molecule has 0 spiro atoms. The summed E-state index contributed by atoms with van der Waals surface area (Å²) in [4.78, 5) is 26.7. The third kappa shape index (κ3) is 5.09. The van der Waals surface area contributed by atoms with Gasteiger partial charge in [0.05, 0.1) is 13.5 Å². The van der Waals surface area contributed by atoms with Gasteiger partial charge >= 0.3 is 0 Å². The van der Waals surface area contributed by atoms with E-state index in [4.69, 9.17) is 4.74 Å². The number of rotatable bonds is 7. The average molecular weight is 354 g/mol. The summed E-state index contributed by atoms with van der Waals surface area (Å²) < 4.78 is 5.25. The Balaban J connectivity index is 2.22. The fourth-order valence-electron chi connectivity index (χ4n) is 2.74. The van der Waals surface area contributed by atoms with Crippen molar-refractivity contribution < 1.29 is 14.3 Å². The maximum absolute atomic E-state index is 12.9. The zero-order valence-corrected chi connectivity index (χ0v) is 15.8. The number of nitrogens with one attached hydrogen (secondary N) is 1. The van der Waals surface area contributed by atoms with E-state index in [-0.39, 0.29) is 18.2 Å². The van der Waals surface area contributed by atoms with Crippen LogP contribution in [0.1, 0.15) is 23.6 Å². The minimum atomic E-state index is -0.566. The SMILES string of the molecule is CNC(=O)[C@H](C)N(Cc1cccc(OC)c1)C(=O)Cc1ccc(C)cc1. The van der Waals surface area contributed by atoms with E-state index in [0.717, 1.165) is 22.4 Å². The van der Waals surface area contributed by atoms with Gasteiger partial charge in [0, 0.05) is 13.6 Å². The van der Waals surface area contributed by atoms with Gasteiger partial charge < -0.3 is 15.0 Å². The Hall–Kier alpha value is -2.82. The van der Waals surface area contributed by atoms with E-state index in [1.807, 2.05) is 55.5 Å². The summed E-state index contributed by atoms with van der Waals surface area (Å²) in [5, 5.41) is 2.62. The average Bonchev–Trinajstić information content (AvgIpc) is 2.66. The standard InChI is InChI=1S/C21H26N2O3/c1-15-8-10-17(11-9-15)13-20(24)23(16(2)21(25)22-3)14-18-6-5-7-19(12-18)26-4/h5-12,16H,13-14H2,1-4H3,(H,22,25)/t16-/m0/s1. The Bertz CT molecular complexity index is 756. The van der Waals surface area contributed by atoms with E-state index in [1.165, 1.54) is 0 Å². The van der Waals surface area contributed by atoms with Crippen LogP contribution in [0, 0.1) is 6.92 Å². The van der Waals surface area contributed by atoms with Crippen molar-refractivity contribution in [1.29, 1.82) is 0 Å². The number of carbonyl (C=O) groups is 2. The normalized spacial score (nSPS) is 11.5. The molecule has 0 saturated heterocycles.